The third kappa shape index (κ3) is 1.42. The molecule has 18 heavy (non-hydrogen) atoms. The minimum Gasteiger partial charge on any atom is -0.298 e. The molecule has 1 nitrogen and oxygen atoms in total. The average molecular weight is 238 g/mol. The summed E-state index contributed by atoms with van der Waals surface area (Å²) in [5, 5.41) is 2.63. The first-order valence-corrected chi connectivity index (χ1v) is 5.78. The molecule has 3 rings (SSSR count). The average Bonchev–Trinajstić information content (AvgIpc) is 2.39. The highest BCUT2D eigenvalue weighted by molar-refractivity contribution is 6.06. The van der Waals surface area contributed by atoms with Gasteiger partial charge in [-0.05, 0) is 29.3 Å². The summed E-state index contributed by atoms with van der Waals surface area (Å²) in [6, 6.07) is 12.7. The molecule has 0 heterocycles. The van der Waals surface area contributed by atoms with E-state index in [9.17, 15) is 9.18 Å². The lowest BCUT2D eigenvalue weighted by Gasteiger charge is -2.08. The van der Waals surface area contributed by atoms with E-state index in [0.29, 0.717) is 22.6 Å². The van der Waals surface area contributed by atoms with E-state index >= 15 is 0 Å². The lowest BCUT2D eigenvalue weighted by atomic mass is 9.97. The highest BCUT2D eigenvalue weighted by Gasteiger charge is 2.11. The van der Waals surface area contributed by atoms with Crippen LogP contribution in [0, 0.1) is 12.7 Å². The molecule has 0 saturated carbocycles. The van der Waals surface area contributed by atoms with E-state index in [2.05, 4.69) is 0 Å². The fourth-order valence-electron chi connectivity index (χ4n) is 2.41. The van der Waals surface area contributed by atoms with E-state index in [0.717, 1.165) is 16.3 Å². The molecule has 3 aromatic rings. The summed E-state index contributed by atoms with van der Waals surface area (Å²) in [7, 11) is 0. The summed E-state index contributed by atoms with van der Waals surface area (Å²) in [6.45, 7) is 1.96. The molecule has 0 aromatic heterocycles. The molecule has 0 amide bonds. The van der Waals surface area contributed by atoms with Crippen LogP contribution in [0.25, 0.3) is 21.5 Å². The van der Waals surface area contributed by atoms with Gasteiger partial charge in [0.2, 0.25) is 0 Å². The van der Waals surface area contributed by atoms with Gasteiger partial charge in [0.1, 0.15) is 5.82 Å². The Bertz CT molecular complexity index is 775. The van der Waals surface area contributed by atoms with E-state index in [1.807, 2.05) is 31.2 Å². The van der Waals surface area contributed by atoms with Crippen molar-refractivity contribution in [2.45, 2.75) is 6.92 Å². The highest BCUT2D eigenvalue weighted by atomic mass is 19.1. The lowest BCUT2D eigenvalue weighted by molar-refractivity contribution is 0.112. The minimum absolute atomic E-state index is 0.311. The fourth-order valence-corrected chi connectivity index (χ4v) is 2.41. The number of hydrogen-bond donors (Lipinski definition) is 0. The molecule has 0 fully saturated rings. The predicted molar refractivity (Wildman–Crippen MR) is 71.5 cm³/mol. The highest BCUT2D eigenvalue weighted by Crippen LogP contribution is 2.30. The Morgan fingerprint density at radius 1 is 1.06 bits per heavy atom. The molecule has 0 bridgehead atoms. The number of carbonyl (C=O) groups is 1. The second kappa shape index (κ2) is 3.91. The van der Waals surface area contributed by atoms with Crippen molar-refractivity contribution < 1.29 is 9.18 Å². The minimum atomic E-state index is -0.311. The van der Waals surface area contributed by atoms with Crippen molar-refractivity contribution in [1.29, 1.82) is 0 Å². The number of carbonyl (C=O) groups excluding carboxylic acids is 1. The van der Waals surface area contributed by atoms with Gasteiger partial charge in [0, 0.05) is 16.3 Å². The molecular weight excluding hydrogens is 227 g/mol. The smallest absolute Gasteiger partial charge is 0.150 e. The zero-order valence-electron chi connectivity index (χ0n) is 9.91. The van der Waals surface area contributed by atoms with Gasteiger partial charge in [-0.3, -0.25) is 4.79 Å². The molecule has 0 aliphatic carbocycles. The SMILES string of the molecule is Cc1cccc2c(F)c3c(C=O)cccc3cc12. The molecule has 0 unspecified atom stereocenters. The fraction of sp³-hybridized carbons (Fsp3) is 0.0625. The van der Waals surface area contributed by atoms with Crippen molar-refractivity contribution in [3.63, 3.8) is 0 Å². The molecule has 0 radical (unpaired) electrons. The van der Waals surface area contributed by atoms with Gasteiger partial charge in [-0.2, -0.15) is 0 Å². The number of benzene rings is 3. The van der Waals surface area contributed by atoms with Crippen molar-refractivity contribution in [3.05, 3.63) is 59.4 Å². The van der Waals surface area contributed by atoms with E-state index in [4.69, 9.17) is 0 Å². The van der Waals surface area contributed by atoms with Crippen LogP contribution in [0.4, 0.5) is 4.39 Å². The first kappa shape index (κ1) is 10.9. The lowest BCUT2D eigenvalue weighted by Crippen LogP contribution is -1.91. The molecule has 0 atom stereocenters. The topological polar surface area (TPSA) is 17.1 Å². The van der Waals surface area contributed by atoms with E-state index in [1.54, 1.807) is 18.2 Å². The Morgan fingerprint density at radius 3 is 2.61 bits per heavy atom. The maximum atomic E-state index is 14.5. The van der Waals surface area contributed by atoms with Crippen LogP contribution in [0.5, 0.6) is 0 Å². The van der Waals surface area contributed by atoms with Crippen LogP contribution in [0.15, 0.2) is 42.5 Å². The standard InChI is InChI=1S/C16H11FO/c1-10-4-2-7-13-14(10)8-11-5-3-6-12(9-18)15(11)16(13)17/h2-9H,1H3. The molecule has 0 N–H and O–H groups in total. The number of aldehydes is 1. The molecule has 88 valence electrons. The summed E-state index contributed by atoms with van der Waals surface area (Å²) in [5.74, 6) is -0.311. The number of rotatable bonds is 1. The number of fused-ring (bicyclic) bond motifs is 2. The Kier molecular flexibility index (Phi) is 2.37. The van der Waals surface area contributed by atoms with Gasteiger partial charge >= 0.3 is 0 Å². The van der Waals surface area contributed by atoms with Gasteiger partial charge in [0.15, 0.2) is 6.29 Å². The van der Waals surface area contributed by atoms with Crippen LogP contribution < -0.4 is 0 Å². The van der Waals surface area contributed by atoms with Crippen LogP contribution in [-0.2, 0) is 0 Å². The van der Waals surface area contributed by atoms with Gasteiger partial charge in [0.05, 0.1) is 0 Å². The maximum absolute atomic E-state index is 14.5. The molecule has 3 aromatic carbocycles. The van der Waals surface area contributed by atoms with E-state index in [-0.39, 0.29) is 5.82 Å². The first-order chi connectivity index (χ1) is 8.72. The van der Waals surface area contributed by atoms with Crippen molar-refractivity contribution in [2.75, 3.05) is 0 Å². The van der Waals surface area contributed by atoms with Crippen LogP contribution in [0.1, 0.15) is 15.9 Å². The van der Waals surface area contributed by atoms with Gasteiger partial charge in [-0.15, -0.1) is 0 Å². The molecule has 0 spiro atoms. The molecule has 0 aliphatic rings. The third-order valence-corrected chi connectivity index (χ3v) is 3.34. The summed E-state index contributed by atoms with van der Waals surface area (Å²) in [6.07, 6.45) is 0.701. The molecule has 0 aliphatic heterocycles. The van der Waals surface area contributed by atoms with Gasteiger partial charge < -0.3 is 0 Å². The summed E-state index contributed by atoms with van der Waals surface area (Å²) in [5.41, 5.74) is 1.43. The predicted octanol–water partition coefficient (Wildman–Crippen LogP) is 4.25. The first-order valence-electron chi connectivity index (χ1n) is 5.78. The van der Waals surface area contributed by atoms with E-state index < -0.39 is 0 Å². The van der Waals surface area contributed by atoms with Gasteiger partial charge in [0.25, 0.3) is 0 Å². The van der Waals surface area contributed by atoms with Crippen molar-refractivity contribution >= 4 is 27.8 Å². The number of aryl methyl sites for hydroxylation is 1. The van der Waals surface area contributed by atoms with Crippen LogP contribution >= 0.6 is 0 Å². The zero-order chi connectivity index (χ0) is 12.7. The Balaban J connectivity index is 2.61. The summed E-state index contributed by atoms with van der Waals surface area (Å²) >= 11 is 0. The van der Waals surface area contributed by atoms with Gasteiger partial charge in [-0.25, -0.2) is 4.39 Å². The Morgan fingerprint density at radius 2 is 1.83 bits per heavy atom. The van der Waals surface area contributed by atoms with Crippen LogP contribution in [-0.4, -0.2) is 6.29 Å². The number of hydrogen-bond acceptors (Lipinski definition) is 1. The number of halogens is 1. The molecule has 0 saturated heterocycles. The third-order valence-electron chi connectivity index (χ3n) is 3.34. The molecule has 2 heteroatoms. The molecular formula is C16H11FO. The zero-order valence-corrected chi connectivity index (χ0v) is 9.91. The van der Waals surface area contributed by atoms with E-state index in [1.165, 1.54) is 0 Å². The second-order valence-corrected chi connectivity index (χ2v) is 4.42. The largest absolute Gasteiger partial charge is 0.298 e. The summed E-state index contributed by atoms with van der Waals surface area (Å²) in [4.78, 5) is 11.0. The van der Waals surface area contributed by atoms with Crippen molar-refractivity contribution in [2.24, 2.45) is 0 Å². The van der Waals surface area contributed by atoms with Gasteiger partial charge in [-0.1, -0.05) is 36.4 Å². The monoisotopic (exact) mass is 238 g/mol. The second-order valence-electron chi connectivity index (χ2n) is 4.42. The van der Waals surface area contributed by atoms with Crippen molar-refractivity contribution in [1.82, 2.24) is 0 Å². The van der Waals surface area contributed by atoms with Crippen LogP contribution in [0.2, 0.25) is 0 Å². The summed E-state index contributed by atoms with van der Waals surface area (Å²) < 4.78 is 14.5. The Labute approximate surface area is 104 Å². The maximum Gasteiger partial charge on any atom is 0.150 e. The Hall–Kier alpha value is -2.22. The van der Waals surface area contributed by atoms with Crippen LogP contribution in [0.3, 0.4) is 0 Å². The van der Waals surface area contributed by atoms with Crippen molar-refractivity contribution in [3.8, 4) is 0 Å². The normalized spacial score (nSPS) is 11.0. The quantitative estimate of drug-likeness (QED) is 0.457.